The molecule has 0 aliphatic carbocycles. The molecule has 1 N–H and O–H groups in total. The van der Waals surface area contributed by atoms with Gasteiger partial charge in [-0.3, -0.25) is 0 Å². The molecular formula is C12H16N4O2. The van der Waals surface area contributed by atoms with Gasteiger partial charge in [-0.1, -0.05) is 0 Å². The van der Waals surface area contributed by atoms with Crippen LogP contribution in [-0.4, -0.2) is 34.2 Å². The lowest BCUT2D eigenvalue weighted by Crippen LogP contribution is -2.09. The Morgan fingerprint density at radius 2 is 2.28 bits per heavy atom. The molecule has 0 fully saturated rings. The Bertz CT molecular complexity index is 604. The summed E-state index contributed by atoms with van der Waals surface area (Å²) in [6.45, 7) is 4.00. The largest absolute Gasteiger partial charge is 0.462 e. The average molecular weight is 248 g/mol. The fourth-order valence-electron chi connectivity index (χ4n) is 1.85. The van der Waals surface area contributed by atoms with Crippen LogP contribution >= 0.6 is 0 Å². The van der Waals surface area contributed by atoms with Gasteiger partial charge < -0.3 is 14.6 Å². The van der Waals surface area contributed by atoms with E-state index in [0.29, 0.717) is 23.4 Å². The maximum atomic E-state index is 11.8. The number of ether oxygens (including phenoxy) is 1. The predicted molar refractivity (Wildman–Crippen MR) is 68.7 cm³/mol. The summed E-state index contributed by atoms with van der Waals surface area (Å²) in [4.78, 5) is 20.5. The molecule has 0 aliphatic rings. The molecule has 0 spiro atoms. The van der Waals surface area contributed by atoms with E-state index in [1.807, 2.05) is 18.5 Å². The summed E-state index contributed by atoms with van der Waals surface area (Å²) in [6.07, 6.45) is 1.52. The monoisotopic (exact) mass is 248 g/mol. The number of aromatic nitrogens is 3. The van der Waals surface area contributed by atoms with Crippen molar-refractivity contribution in [1.29, 1.82) is 0 Å². The Hall–Kier alpha value is -2.11. The summed E-state index contributed by atoms with van der Waals surface area (Å²) in [5.74, 6) is 0.453. The molecule has 6 nitrogen and oxygen atoms in total. The van der Waals surface area contributed by atoms with E-state index in [1.54, 1.807) is 14.0 Å². The minimum atomic E-state index is -0.389. The Morgan fingerprint density at radius 3 is 2.89 bits per heavy atom. The topological polar surface area (TPSA) is 69.0 Å². The number of nitrogens with zero attached hydrogens (tertiary/aromatic N) is 3. The van der Waals surface area contributed by atoms with Crippen molar-refractivity contribution in [3.63, 3.8) is 0 Å². The Morgan fingerprint density at radius 1 is 1.56 bits per heavy atom. The van der Waals surface area contributed by atoms with Crippen LogP contribution in [0, 0.1) is 6.92 Å². The van der Waals surface area contributed by atoms with Gasteiger partial charge in [-0.05, 0) is 13.8 Å². The van der Waals surface area contributed by atoms with E-state index in [2.05, 4.69) is 15.3 Å². The van der Waals surface area contributed by atoms with Crippen LogP contribution < -0.4 is 5.32 Å². The maximum Gasteiger partial charge on any atom is 0.341 e. The SMILES string of the molecule is CCOC(=O)c1cnc2c(nc(C)n2C)c1NC. The Balaban J connectivity index is 2.66. The van der Waals surface area contributed by atoms with Crippen molar-refractivity contribution < 1.29 is 9.53 Å². The minimum Gasteiger partial charge on any atom is -0.462 e. The lowest BCUT2D eigenvalue weighted by molar-refractivity contribution is 0.0527. The van der Waals surface area contributed by atoms with E-state index < -0.39 is 0 Å². The van der Waals surface area contributed by atoms with E-state index in [9.17, 15) is 4.79 Å². The average Bonchev–Trinajstić information content (AvgIpc) is 2.64. The zero-order chi connectivity index (χ0) is 13.3. The standard InChI is InChI=1S/C12H16N4O2/c1-5-18-12(17)8-6-14-11-10(9(8)13-3)15-7(2)16(11)4/h6H,5H2,1-4H3,(H,13,14). The molecule has 0 radical (unpaired) electrons. The highest BCUT2D eigenvalue weighted by molar-refractivity contribution is 6.02. The van der Waals surface area contributed by atoms with E-state index in [0.717, 1.165) is 11.5 Å². The van der Waals surface area contributed by atoms with Crippen LogP contribution in [0.15, 0.2) is 6.20 Å². The van der Waals surface area contributed by atoms with Gasteiger partial charge >= 0.3 is 5.97 Å². The highest BCUT2D eigenvalue weighted by atomic mass is 16.5. The Kier molecular flexibility index (Phi) is 3.18. The quantitative estimate of drug-likeness (QED) is 0.833. The number of carbonyl (C=O) groups is 1. The van der Waals surface area contributed by atoms with Crippen molar-refractivity contribution in [2.24, 2.45) is 7.05 Å². The van der Waals surface area contributed by atoms with Crippen molar-refractivity contribution in [1.82, 2.24) is 14.5 Å². The molecule has 0 unspecified atom stereocenters. The molecule has 2 rings (SSSR count). The minimum absolute atomic E-state index is 0.335. The lowest BCUT2D eigenvalue weighted by atomic mass is 10.2. The fraction of sp³-hybridized carbons (Fsp3) is 0.417. The van der Waals surface area contributed by atoms with E-state index in [-0.39, 0.29) is 5.97 Å². The van der Waals surface area contributed by atoms with Crippen molar-refractivity contribution >= 4 is 22.8 Å². The second-order valence-electron chi connectivity index (χ2n) is 3.91. The van der Waals surface area contributed by atoms with E-state index in [1.165, 1.54) is 6.20 Å². The molecule has 0 atom stereocenters. The first-order chi connectivity index (χ1) is 8.60. The molecule has 0 amide bonds. The predicted octanol–water partition coefficient (Wildman–Crippen LogP) is 1.50. The van der Waals surface area contributed by atoms with Gasteiger partial charge in [-0.2, -0.15) is 0 Å². The molecule has 6 heteroatoms. The molecule has 0 aliphatic heterocycles. The zero-order valence-corrected chi connectivity index (χ0v) is 10.9. The van der Waals surface area contributed by atoms with Crippen molar-refractivity contribution in [2.45, 2.75) is 13.8 Å². The molecule has 2 heterocycles. The first kappa shape index (κ1) is 12.3. The molecule has 96 valence electrons. The van der Waals surface area contributed by atoms with Gasteiger partial charge in [0.1, 0.15) is 16.9 Å². The van der Waals surface area contributed by atoms with Crippen LogP contribution in [0.5, 0.6) is 0 Å². The van der Waals surface area contributed by atoms with Crippen molar-refractivity contribution in [2.75, 3.05) is 19.0 Å². The van der Waals surface area contributed by atoms with Crippen molar-refractivity contribution in [3.8, 4) is 0 Å². The van der Waals surface area contributed by atoms with Gasteiger partial charge in [-0.25, -0.2) is 14.8 Å². The van der Waals surface area contributed by atoms with Crippen LogP contribution in [-0.2, 0) is 11.8 Å². The number of aryl methyl sites for hydroxylation is 2. The molecule has 0 saturated heterocycles. The maximum absolute atomic E-state index is 11.8. The highest BCUT2D eigenvalue weighted by Gasteiger charge is 2.18. The smallest absolute Gasteiger partial charge is 0.341 e. The Labute approximate surface area is 105 Å². The van der Waals surface area contributed by atoms with E-state index >= 15 is 0 Å². The molecule has 0 aromatic carbocycles. The van der Waals surface area contributed by atoms with Crippen LogP contribution in [0.4, 0.5) is 5.69 Å². The third-order valence-electron chi connectivity index (χ3n) is 2.86. The van der Waals surface area contributed by atoms with Crippen LogP contribution in [0.3, 0.4) is 0 Å². The number of imidazole rings is 1. The second kappa shape index (κ2) is 4.64. The summed E-state index contributed by atoms with van der Waals surface area (Å²) < 4.78 is 6.88. The summed E-state index contributed by atoms with van der Waals surface area (Å²) in [5.41, 5.74) is 2.49. The third kappa shape index (κ3) is 1.79. The number of carbonyl (C=O) groups excluding carboxylic acids is 1. The van der Waals surface area contributed by atoms with E-state index in [4.69, 9.17) is 4.74 Å². The summed E-state index contributed by atoms with van der Waals surface area (Å²) >= 11 is 0. The second-order valence-corrected chi connectivity index (χ2v) is 3.91. The summed E-state index contributed by atoms with van der Waals surface area (Å²) in [6, 6.07) is 0. The third-order valence-corrected chi connectivity index (χ3v) is 2.86. The molecule has 0 bridgehead atoms. The van der Waals surface area contributed by atoms with Gasteiger partial charge in [-0.15, -0.1) is 0 Å². The zero-order valence-electron chi connectivity index (χ0n) is 10.9. The first-order valence-electron chi connectivity index (χ1n) is 5.77. The van der Waals surface area contributed by atoms with Gasteiger partial charge in [0.15, 0.2) is 5.65 Å². The fourth-order valence-corrected chi connectivity index (χ4v) is 1.85. The van der Waals surface area contributed by atoms with Crippen LogP contribution in [0.25, 0.3) is 11.2 Å². The van der Waals surface area contributed by atoms with Crippen molar-refractivity contribution in [3.05, 3.63) is 17.6 Å². The molecule has 2 aromatic heterocycles. The lowest BCUT2D eigenvalue weighted by Gasteiger charge is -2.08. The number of anilines is 1. The number of rotatable bonds is 3. The number of pyridine rings is 1. The van der Waals surface area contributed by atoms with Crippen LogP contribution in [0.1, 0.15) is 23.1 Å². The number of fused-ring (bicyclic) bond motifs is 1. The van der Waals surface area contributed by atoms with Crippen LogP contribution in [0.2, 0.25) is 0 Å². The summed E-state index contributed by atoms with van der Waals surface area (Å²) in [7, 11) is 3.64. The number of hydrogen-bond donors (Lipinski definition) is 1. The molecule has 18 heavy (non-hydrogen) atoms. The molecular weight excluding hydrogens is 232 g/mol. The molecule has 0 saturated carbocycles. The van der Waals surface area contributed by atoms with Gasteiger partial charge in [0, 0.05) is 20.3 Å². The number of hydrogen-bond acceptors (Lipinski definition) is 5. The number of esters is 1. The molecule has 2 aromatic rings. The summed E-state index contributed by atoms with van der Waals surface area (Å²) in [5, 5.41) is 3.00. The first-order valence-corrected chi connectivity index (χ1v) is 5.77. The van der Waals surface area contributed by atoms with Gasteiger partial charge in [0.2, 0.25) is 0 Å². The highest BCUT2D eigenvalue weighted by Crippen LogP contribution is 2.25. The number of nitrogens with one attached hydrogen (secondary N) is 1. The van der Waals surface area contributed by atoms with Gasteiger partial charge in [0.25, 0.3) is 0 Å². The van der Waals surface area contributed by atoms with Gasteiger partial charge in [0.05, 0.1) is 12.3 Å². The normalized spacial score (nSPS) is 10.7.